The number of rotatable bonds is 8. The highest BCUT2D eigenvalue weighted by atomic mass is 32.2. The van der Waals surface area contributed by atoms with E-state index in [2.05, 4.69) is 4.72 Å². The lowest BCUT2D eigenvalue weighted by atomic mass is 9.92. The quantitative estimate of drug-likeness (QED) is 0.627. The van der Waals surface area contributed by atoms with E-state index in [0.29, 0.717) is 6.42 Å². The van der Waals surface area contributed by atoms with Crippen molar-refractivity contribution in [2.24, 2.45) is 11.7 Å². The monoisotopic (exact) mass is 395 g/mol. The van der Waals surface area contributed by atoms with Crippen molar-refractivity contribution in [3.63, 3.8) is 0 Å². The second-order valence-corrected chi connectivity index (χ2v) is 8.48. The Morgan fingerprint density at radius 1 is 1.27 bits per heavy atom. The van der Waals surface area contributed by atoms with E-state index in [1.54, 1.807) is 12.2 Å². The summed E-state index contributed by atoms with van der Waals surface area (Å²) < 4.78 is 64.3. The fourth-order valence-electron chi connectivity index (χ4n) is 2.54. The highest BCUT2D eigenvalue weighted by Crippen LogP contribution is 2.20. The van der Waals surface area contributed by atoms with Crippen molar-refractivity contribution in [1.82, 2.24) is 10.0 Å². The molecule has 4 N–H and O–H groups in total. The number of nitrogens with two attached hydrogens (primary N) is 1. The number of sulfonamides is 1. The van der Waals surface area contributed by atoms with Crippen LogP contribution in [0.5, 0.6) is 0 Å². The Kier molecular flexibility index (Phi) is 7.20. The minimum absolute atomic E-state index is 0.0656. The second-order valence-electron chi connectivity index (χ2n) is 6.79. The van der Waals surface area contributed by atoms with Crippen LogP contribution in [0.1, 0.15) is 37.6 Å². The summed E-state index contributed by atoms with van der Waals surface area (Å²) in [4.78, 5) is 11.6. The Balaban J connectivity index is 3.03. The van der Waals surface area contributed by atoms with Crippen LogP contribution in [0.25, 0.3) is 0 Å². The molecule has 1 unspecified atom stereocenters. The Labute approximate surface area is 151 Å². The lowest BCUT2D eigenvalue weighted by Gasteiger charge is -2.30. The van der Waals surface area contributed by atoms with Gasteiger partial charge in [0, 0.05) is 17.6 Å². The number of hydrogen-bond donors (Lipinski definition) is 3. The molecule has 1 aromatic carbocycles. The molecule has 6 nitrogen and oxygen atoms in total. The smallest absolute Gasteiger partial charge is 0.343 e. The van der Waals surface area contributed by atoms with Gasteiger partial charge in [-0.05, 0) is 37.5 Å². The average Bonchev–Trinajstić information content (AvgIpc) is 2.50. The van der Waals surface area contributed by atoms with Gasteiger partial charge in [0.15, 0.2) is 0 Å². The van der Waals surface area contributed by atoms with E-state index in [1.807, 2.05) is 13.8 Å². The van der Waals surface area contributed by atoms with Gasteiger partial charge in [-0.15, -0.1) is 0 Å². The van der Waals surface area contributed by atoms with E-state index in [-0.39, 0.29) is 22.9 Å². The van der Waals surface area contributed by atoms with Crippen LogP contribution >= 0.6 is 0 Å². The van der Waals surface area contributed by atoms with Crippen LogP contribution in [0.15, 0.2) is 29.2 Å². The summed E-state index contributed by atoms with van der Waals surface area (Å²) in [7, 11) is -4.01. The maximum atomic E-state index is 12.6. The van der Waals surface area contributed by atoms with Gasteiger partial charge in [0.25, 0.3) is 5.91 Å². The highest BCUT2D eigenvalue weighted by Gasteiger charge is 2.31. The normalized spacial score (nSPS) is 14.9. The Bertz CT molecular complexity index is 736. The van der Waals surface area contributed by atoms with Gasteiger partial charge >= 0.3 is 6.18 Å². The average molecular weight is 395 g/mol. The first-order valence-corrected chi connectivity index (χ1v) is 9.45. The highest BCUT2D eigenvalue weighted by molar-refractivity contribution is 7.89. The summed E-state index contributed by atoms with van der Waals surface area (Å²) in [5.41, 5.74) is 4.63. The molecule has 26 heavy (non-hydrogen) atoms. The van der Waals surface area contributed by atoms with Crippen LogP contribution in [0.3, 0.4) is 0 Å². The molecule has 0 aliphatic heterocycles. The van der Waals surface area contributed by atoms with Crippen LogP contribution in [0, 0.1) is 5.92 Å². The Morgan fingerprint density at radius 2 is 1.88 bits per heavy atom. The molecule has 1 atom stereocenters. The third-order valence-corrected chi connectivity index (χ3v) is 5.18. The van der Waals surface area contributed by atoms with E-state index >= 15 is 0 Å². The maximum Gasteiger partial charge on any atom is 0.405 e. The van der Waals surface area contributed by atoms with E-state index in [9.17, 15) is 26.4 Å². The predicted molar refractivity (Wildman–Crippen MR) is 92.1 cm³/mol. The molecule has 10 heteroatoms. The van der Waals surface area contributed by atoms with Gasteiger partial charge in [-0.1, -0.05) is 19.9 Å². The molecule has 0 saturated carbocycles. The van der Waals surface area contributed by atoms with Crippen LogP contribution < -0.4 is 15.8 Å². The molecule has 1 aromatic rings. The first kappa shape index (κ1) is 22.4. The zero-order valence-corrected chi connectivity index (χ0v) is 15.7. The summed E-state index contributed by atoms with van der Waals surface area (Å²) >= 11 is 0. The van der Waals surface area contributed by atoms with Crippen LogP contribution in [0.2, 0.25) is 0 Å². The number of benzene rings is 1. The van der Waals surface area contributed by atoms with E-state index in [0.717, 1.165) is 6.07 Å². The Hall–Kier alpha value is -1.65. The lowest BCUT2D eigenvalue weighted by Crippen LogP contribution is -2.52. The molecule has 148 valence electrons. The van der Waals surface area contributed by atoms with Gasteiger partial charge in [0.1, 0.15) is 6.54 Å². The molecule has 0 radical (unpaired) electrons. The molecule has 0 saturated heterocycles. The molecule has 1 amide bonds. The van der Waals surface area contributed by atoms with Crippen molar-refractivity contribution in [3.05, 3.63) is 29.8 Å². The van der Waals surface area contributed by atoms with Crippen molar-refractivity contribution < 1.29 is 26.4 Å². The fraction of sp³-hybridized carbons (Fsp3) is 0.562. The summed E-state index contributed by atoms with van der Waals surface area (Å²) in [6.45, 7) is 4.09. The van der Waals surface area contributed by atoms with E-state index < -0.39 is 34.2 Å². The maximum absolute atomic E-state index is 12.6. The number of carbonyl (C=O) groups is 1. The fourth-order valence-corrected chi connectivity index (χ4v) is 4.01. The zero-order chi connectivity index (χ0) is 20.2. The predicted octanol–water partition coefficient (Wildman–Crippen LogP) is 2.02. The third-order valence-electron chi connectivity index (χ3n) is 3.55. The molecule has 0 heterocycles. The summed E-state index contributed by atoms with van der Waals surface area (Å²) in [6, 6.07) is 4.82. The summed E-state index contributed by atoms with van der Waals surface area (Å²) in [5.74, 6) is -0.825. The van der Waals surface area contributed by atoms with E-state index in [1.165, 1.54) is 18.2 Å². The molecule has 0 aliphatic carbocycles. The van der Waals surface area contributed by atoms with Gasteiger partial charge < -0.3 is 11.1 Å². The largest absolute Gasteiger partial charge is 0.405 e. The van der Waals surface area contributed by atoms with Gasteiger partial charge in [0.2, 0.25) is 10.0 Å². The van der Waals surface area contributed by atoms with Crippen LogP contribution in [-0.4, -0.2) is 39.1 Å². The van der Waals surface area contributed by atoms with Gasteiger partial charge in [-0.3, -0.25) is 4.79 Å². The number of alkyl halides is 3. The van der Waals surface area contributed by atoms with Gasteiger partial charge in [-0.2, -0.15) is 13.2 Å². The van der Waals surface area contributed by atoms with Crippen molar-refractivity contribution in [1.29, 1.82) is 0 Å². The first-order chi connectivity index (χ1) is 11.8. The number of hydrogen-bond acceptors (Lipinski definition) is 4. The topological polar surface area (TPSA) is 101 Å². The van der Waals surface area contributed by atoms with E-state index in [4.69, 9.17) is 5.73 Å². The van der Waals surface area contributed by atoms with Crippen molar-refractivity contribution in [3.8, 4) is 0 Å². The molecule has 0 aliphatic rings. The minimum Gasteiger partial charge on any atom is -0.343 e. The van der Waals surface area contributed by atoms with Gasteiger partial charge in [0.05, 0.1) is 4.90 Å². The Morgan fingerprint density at radius 3 is 2.38 bits per heavy atom. The number of halogens is 3. The molecule has 1 rings (SSSR count). The SMILES string of the molecule is CC(C)CC(C)(CN)NS(=O)(=O)c1cccc(C(=O)NCC(F)(F)F)c1. The first-order valence-electron chi connectivity index (χ1n) is 7.97. The molecule has 0 bridgehead atoms. The molecular weight excluding hydrogens is 371 g/mol. The number of carbonyl (C=O) groups excluding carboxylic acids is 1. The number of nitrogens with one attached hydrogen (secondary N) is 2. The van der Waals surface area contributed by atoms with Gasteiger partial charge in [-0.25, -0.2) is 13.1 Å². The van der Waals surface area contributed by atoms with Crippen molar-refractivity contribution in [2.45, 2.75) is 43.8 Å². The number of amides is 1. The van der Waals surface area contributed by atoms with Crippen molar-refractivity contribution >= 4 is 15.9 Å². The third kappa shape index (κ3) is 6.93. The standard InChI is InChI=1S/C16H24F3N3O3S/c1-11(2)8-15(3,9-20)22-26(24,25)13-6-4-5-12(7-13)14(23)21-10-16(17,18)19/h4-7,11,22H,8-10,20H2,1-3H3,(H,21,23). The van der Waals surface area contributed by atoms with Crippen molar-refractivity contribution in [2.75, 3.05) is 13.1 Å². The molecule has 0 aromatic heterocycles. The summed E-state index contributed by atoms with van der Waals surface area (Å²) in [6.07, 6.45) is -4.06. The minimum atomic E-state index is -4.55. The lowest BCUT2D eigenvalue weighted by molar-refractivity contribution is -0.123. The molecule has 0 fully saturated rings. The van der Waals surface area contributed by atoms with Crippen LogP contribution in [-0.2, 0) is 10.0 Å². The second kappa shape index (κ2) is 8.36. The molecular formula is C16H24F3N3O3S. The van der Waals surface area contributed by atoms with Crippen LogP contribution in [0.4, 0.5) is 13.2 Å². The molecule has 0 spiro atoms. The summed E-state index contributed by atoms with van der Waals surface area (Å²) in [5, 5.41) is 1.70. The zero-order valence-electron chi connectivity index (χ0n) is 14.9.